The van der Waals surface area contributed by atoms with Gasteiger partial charge in [-0.25, -0.2) is 0 Å². The minimum Gasteiger partial charge on any atom is -0.504 e. The van der Waals surface area contributed by atoms with Crippen molar-refractivity contribution in [2.75, 3.05) is 7.11 Å². The quantitative estimate of drug-likeness (QED) is 0.833. The molecule has 1 aliphatic rings. The van der Waals surface area contributed by atoms with Gasteiger partial charge in [0.1, 0.15) is 0 Å². The lowest BCUT2D eigenvalue weighted by atomic mass is 10.1. The maximum Gasteiger partial charge on any atom is 0.293 e. The SMILES string of the molecule is COc1cc(/C=C2/SC(=O)N(Cc3ccccc3C#N)C2=O)ccc1O. The van der Waals surface area contributed by atoms with Crippen LogP contribution >= 0.6 is 11.8 Å². The smallest absolute Gasteiger partial charge is 0.293 e. The molecule has 6 nitrogen and oxygen atoms in total. The van der Waals surface area contributed by atoms with Crippen molar-refractivity contribution in [2.24, 2.45) is 0 Å². The molecule has 3 rings (SSSR count). The molecular weight excluding hydrogens is 352 g/mol. The van der Waals surface area contributed by atoms with Crippen LogP contribution in [-0.4, -0.2) is 28.3 Å². The number of amides is 2. The van der Waals surface area contributed by atoms with Crippen LogP contribution in [0.5, 0.6) is 11.5 Å². The Hall–Kier alpha value is -3.24. The highest BCUT2D eigenvalue weighted by molar-refractivity contribution is 8.18. The van der Waals surface area contributed by atoms with Crippen molar-refractivity contribution in [1.82, 2.24) is 4.90 Å². The van der Waals surface area contributed by atoms with Gasteiger partial charge in [0.15, 0.2) is 11.5 Å². The van der Waals surface area contributed by atoms with E-state index in [0.29, 0.717) is 16.7 Å². The minimum atomic E-state index is -0.417. The molecule has 0 radical (unpaired) electrons. The van der Waals surface area contributed by atoms with Crippen molar-refractivity contribution in [3.63, 3.8) is 0 Å². The number of nitriles is 1. The standard InChI is InChI=1S/C19H14N2O4S/c1-25-16-8-12(6-7-15(16)22)9-17-18(23)21(19(24)26-17)11-14-5-3-2-4-13(14)10-20/h2-9,22H,11H2,1H3/b17-9+. The predicted octanol–water partition coefficient (Wildman–Crippen LogP) is 3.51. The average molecular weight is 366 g/mol. The first-order valence-corrected chi connectivity index (χ1v) is 8.45. The fourth-order valence-corrected chi connectivity index (χ4v) is 3.35. The second-order valence-corrected chi connectivity index (χ2v) is 6.46. The summed E-state index contributed by atoms with van der Waals surface area (Å²) in [6.45, 7) is 0.0463. The zero-order chi connectivity index (χ0) is 18.7. The van der Waals surface area contributed by atoms with E-state index in [2.05, 4.69) is 6.07 Å². The molecule has 0 bridgehead atoms. The van der Waals surface area contributed by atoms with Gasteiger partial charge in [0.25, 0.3) is 11.1 Å². The Labute approximate surface area is 154 Å². The van der Waals surface area contributed by atoms with Crippen molar-refractivity contribution >= 4 is 29.0 Å². The first kappa shape index (κ1) is 17.6. The lowest BCUT2D eigenvalue weighted by Gasteiger charge is -2.13. The van der Waals surface area contributed by atoms with Crippen LogP contribution in [0.3, 0.4) is 0 Å². The van der Waals surface area contributed by atoms with Crippen LogP contribution in [0.4, 0.5) is 4.79 Å². The number of phenolic OH excluding ortho intramolecular Hbond substituents is 1. The van der Waals surface area contributed by atoms with Gasteiger partial charge in [-0.15, -0.1) is 0 Å². The number of benzene rings is 2. The number of aromatic hydroxyl groups is 1. The summed E-state index contributed by atoms with van der Waals surface area (Å²) in [6, 6.07) is 13.6. The third-order valence-electron chi connectivity index (χ3n) is 3.84. The Kier molecular flexibility index (Phi) is 4.96. The number of methoxy groups -OCH3 is 1. The molecule has 0 aromatic heterocycles. The maximum atomic E-state index is 12.6. The van der Waals surface area contributed by atoms with E-state index in [1.165, 1.54) is 13.2 Å². The summed E-state index contributed by atoms with van der Waals surface area (Å²) in [7, 11) is 1.43. The van der Waals surface area contributed by atoms with E-state index in [-0.39, 0.29) is 28.2 Å². The van der Waals surface area contributed by atoms with Gasteiger partial charge < -0.3 is 9.84 Å². The van der Waals surface area contributed by atoms with Crippen LogP contribution in [0.2, 0.25) is 0 Å². The monoisotopic (exact) mass is 366 g/mol. The van der Waals surface area contributed by atoms with Crippen LogP contribution < -0.4 is 4.74 Å². The molecule has 1 aliphatic heterocycles. The van der Waals surface area contributed by atoms with Crippen LogP contribution in [0, 0.1) is 11.3 Å². The molecule has 1 heterocycles. The molecule has 7 heteroatoms. The summed E-state index contributed by atoms with van der Waals surface area (Å²) in [5.41, 5.74) is 1.67. The summed E-state index contributed by atoms with van der Waals surface area (Å²) in [5.74, 6) is -0.147. The van der Waals surface area contributed by atoms with Crippen molar-refractivity contribution < 1.29 is 19.4 Å². The number of carbonyl (C=O) groups excluding carboxylic acids is 2. The van der Waals surface area contributed by atoms with E-state index in [1.807, 2.05) is 0 Å². The molecule has 2 aromatic carbocycles. The summed E-state index contributed by atoms with van der Waals surface area (Å²) < 4.78 is 5.04. The summed E-state index contributed by atoms with van der Waals surface area (Å²) in [4.78, 5) is 26.2. The molecule has 0 spiro atoms. The molecule has 130 valence electrons. The van der Waals surface area contributed by atoms with E-state index >= 15 is 0 Å². The van der Waals surface area contributed by atoms with E-state index in [0.717, 1.165) is 16.7 Å². The Morgan fingerprint density at radius 3 is 2.77 bits per heavy atom. The fourth-order valence-electron chi connectivity index (χ4n) is 2.51. The number of hydrogen-bond donors (Lipinski definition) is 1. The molecular formula is C19H14N2O4S. The Morgan fingerprint density at radius 2 is 2.04 bits per heavy atom. The van der Waals surface area contributed by atoms with Crippen LogP contribution in [0.25, 0.3) is 6.08 Å². The molecule has 0 aliphatic carbocycles. The molecule has 2 aromatic rings. The van der Waals surface area contributed by atoms with Gasteiger partial charge in [-0.3, -0.25) is 14.5 Å². The number of nitrogens with zero attached hydrogens (tertiary/aromatic N) is 2. The normalized spacial score (nSPS) is 15.4. The van der Waals surface area contributed by atoms with Crippen molar-refractivity contribution in [2.45, 2.75) is 6.54 Å². The Morgan fingerprint density at radius 1 is 1.27 bits per heavy atom. The van der Waals surface area contributed by atoms with Crippen LogP contribution in [-0.2, 0) is 11.3 Å². The Balaban J connectivity index is 1.86. The summed E-state index contributed by atoms with van der Waals surface area (Å²) in [6.07, 6.45) is 1.57. The lowest BCUT2D eigenvalue weighted by molar-refractivity contribution is -0.123. The van der Waals surface area contributed by atoms with Crippen molar-refractivity contribution in [3.05, 3.63) is 64.1 Å². The van der Waals surface area contributed by atoms with Gasteiger partial charge in [-0.2, -0.15) is 5.26 Å². The lowest BCUT2D eigenvalue weighted by Crippen LogP contribution is -2.27. The number of carbonyl (C=O) groups is 2. The van der Waals surface area contributed by atoms with Crippen molar-refractivity contribution in [3.8, 4) is 17.6 Å². The van der Waals surface area contributed by atoms with Gasteiger partial charge >= 0.3 is 0 Å². The van der Waals surface area contributed by atoms with E-state index < -0.39 is 5.91 Å². The number of imide groups is 1. The van der Waals surface area contributed by atoms with Gasteiger partial charge in [0.2, 0.25) is 0 Å². The third kappa shape index (κ3) is 3.41. The van der Waals surface area contributed by atoms with Gasteiger partial charge in [0.05, 0.1) is 30.2 Å². The number of ether oxygens (including phenoxy) is 1. The zero-order valence-corrected chi connectivity index (χ0v) is 14.6. The highest BCUT2D eigenvalue weighted by atomic mass is 32.2. The maximum absolute atomic E-state index is 12.6. The Bertz CT molecular complexity index is 962. The van der Waals surface area contributed by atoms with Crippen LogP contribution in [0.15, 0.2) is 47.4 Å². The average Bonchev–Trinajstić information content (AvgIpc) is 2.91. The molecule has 0 saturated carbocycles. The van der Waals surface area contributed by atoms with E-state index in [1.54, 1.807) is 42.5 Å². The summed E-state index contributed by atoms with van der Waals surface area (Å²) in [5, 5.41) is 18.4. The third-order valence-corrected chi connectivity index (χ3v) is 4.75. The van der Waals surface area contributed by atoms with Gasteiger partial charge in [0, 0.05) is 0 Å². The molecule has 1 N–H and O–H groups in total. The number of phenols is 1. The fraction of sp³-hybridized carbons (Fsp3) is 0.105. The molecule has 26 heavy (non-hydrogen) atoms. The number of hydrogen-bond acceptors (Lipinski definition) is 6. The first-order chi connectivity index (χ1) is 12.5. The number of thioether (sulfide) groups is 1. The second-order valence-electron chi connectivity index (χ2n) is 5.47. The highest BCUT2D eigenvalue weighted by Crippen LogP contribution is 2.35. The number of rotatable bonds is 4. The van der Waals surface area contributed by atoms with E-state index in [9.17, 15) is 14.7 Å². The minimum absolute atomic E-state index is 0.00846. The predicted molar refractivity (Wildman–Crippen MR) is 97.3 cm³/mol. The second kappa shape index (κ2) is 7.33. The molecule has 0 unspecified atom stereocenters. The summed E-state index contributed by atoms with van der Waals surface area (Å²) >= 11 is 0.839. The molecule has 0 atom stereocenters. The van der Waals surface area contributed by atoms with Crippen molar-refractivity contribution in [1.29, 1.82) is 5.26 Å². The zero-order valence-electron chi connectivity index (χ0n) is 13.8. The highest BCUT2D eigenvalue weighted by Gasteiger charge is 2.35. The van der Waals surface area contributed by atoms with Gasteiger partial charge in [-0.05, 0) is 47.2 Å². The molecule has 1 fully saturated rings. The molecule has 2 amide bonds. The van der Waals surface area contributed by atoms with Crippen LogP contribution in [0.1, 0.15) is 16.7 Å². The van der Waals surface area contributed by atoms with Gasteiger partial charge in [-0.1, -0.05) is 24.3 Å². The molecule has 1 saturated heterocycles. The largest absolute Gasteiger partial charge is 0.504 e. The van der Waals surface area contributed by atoms with E-state index in [4.69, 9.17) is 10.00 Å². The topological polar surface area (TPSA) is 90.6 Å². The first-order valence-electron chi connectivity index (χ1n) is 7.64.